The number of nitrogen functional groups attached to an aromatic ring is 1. The smallest absolute Gasteiger partial charge is 0.420 e. The fraction of sp³-hybridized carbons (Fsp3) is 0.250. The Morgan fingerprint density at radius 1 is 1.41 bits per heavy atom. The molecule has 4 nitrogen and oxygen atoms in total. The first-order valence-electron chi connectivity index (χ1n) is 4.03. The van der Waals surface area contributed by atoms with Gasteiger partial charge in [0.05, 0.1) is 0 Å². The number of anilines is 1. The van der Waals surface area contributed by atoms with Crippen LogP contribution in [0.4, 0.5) is 27.8 Å². The Bertz CT molecular complexity index is 458. The first kappa shape index (κ1) is 13.1. The van der Waals surface area contributed by atoms with Crippen molar-refractivity contribution in [2.45, 2.75) is 12.6 Å². The fourth-order valence-electron chi connectivity index (χ4n) is 1.18. The predicted octanol–water partition coefficient (Wildman–Crippen LogP) is 2.32. The van der Waals surface area contributed by atoms with Gasteiger partial charge in [0.15, 0.2) is 5.69 Å². The van der Waals surface area contributed by atoms with Gasteiger partial charge in [-0.3, -0.25) is 0 Å². The molecule has 0 saturated carbocycles. The number of nitrogens with two attached hydrogens (primary N) is 1. The van der Waals surface area contributed by atoms with Crippen LogP contribution in [0.1, 0.15) is 28.0 Å². The van der Waals surface area contributed by atoms with E-state index in [9.17, 15) is 26.7 Å². The third-order valence-corrected chi connectivity index (χ3v) is 1.82. The molecule has 0 fully saturated rings. The molecule has 3 N–H and O–H groups in total. The fourth-order valence-corrected chi connectivity index (χ4v) is 1.18. The van der Waals surface area contributed by atoms with Gasteiger partial charge in [-0.25, -0.2) is 18.6 Å². The van der Waals surface area contributed by atoms with Gasteiger partial charge >= 0.3 is 12.1 Å². The van der Waals surface area contributed by atoms with Gasteiger partial charge in [-0.1, -0.05) is 0 Å². The zero-order valence-electron chi connectivity index (χ0n) is 7.92. The molecule has 1 aromatic rings. The van der Waals surface area contributed by atoms with Crippen LogP contribution in [-0.2, 0) is 6.18 Å². The Morgan fingerprint density at radius 2 is 1.94 bits per heavy atom. The maximum absolute atomic E-state index is 12.4. The minimum absolute atomic E-state index is 0.159. The molecule has 17 heavy (non-hydrogen) atoms. The molecule has 0 aliphatic carbocycles. The Labute approximate surface area is 90.9 Å². The normalized spacial score (nSPS) is 11.9. The number of carbonyl (C=O) groups is 1. The van der Waals surface area contributed by atoms with Crippen LogP contribution in [0.25, 0.3) is 0 Å². The van der Waals surface area contributed by atoms with Crippen molar-refractivity contribution < 1.29 is 31.9 Å². The summed E-state index contributed by atoms with van der Waals surface area (Å²) in [6.07, 6.45) is -8.63. The summed E-state index contributed by atoms with van der Waals surface area (Å²) in [6.45, 7) is 0. The number of carboxylic acids is 1. The summed E-state index contributed by atoms with van der Waals surface area (Å²) in [4.78, 5) is 13.4. The third kappa shape index (κ3) is 2.60. The number of alkyl halides is 5. The van der Waals surface area contributed by atoms with Crippen molar-refractivity contribution in [3.63, 3.8) is 0 Å². The van der Waals surface area contributed by atoms with E-state index >= 15 is 0 Å². The van der Waals surface area contributed by atoms with Crippen LogP contribution >= 0.6 is 0 Å². The Morgan fingerprint density at radius 3 is 2.29 bits per heavy atom. The molecule has 1 aromatic heterocycles. The van der Waals surface area contributed by atoms with Gasteiger partial charge in [-0.15, -0.1) is 0 Å². The lowest BCUT2D eigenvalue weighted by Gasteiger charge is -2.14. The highest BCUT2D eigenvalue weighted by atomic mass is 19.4. The minimum atomic E-state index is -5.13. The van der Waals surface area contributed by atoms with Crippen molar-refractivity contribution in [1.82, 2.24) is 4.98 Å². The molecule has 0 radical (unpaired) electrons. The lowest BCUT2D eigenvalue weighted by Crippen LogP contribution is -2.17. The summed E-state index contributed by atoms with van der Waals surface area (Å²) in [7, 11) is 0. The van der Waals surface area contributed by atoms with Gasteiger partial charge in [-0.2, -0.15) is 13.2 Å². The summed E-state index contributed by atoms with van der Waals surface area (Å²) >= 11 is 0. The van der Waals surface area contributed by atoms with E-state index in [0.29, 0.717) is 0 Å². The van der Waals surface area contributed by atoms with E-state index in [2.05, 4.69) is 4.98 Å². The van der Waals surface area contributed by atoms with Crippen molar-refractivity contribution in [1.29, 1.82) is 0 Å². The molecule has 0 aliphatic rings. The highest BCUT2D eigenvalue weighted by Crippen LogP contribution is 2.39. The van der Waals surface area contributed by atoms with Crippen LogP contribution in [0, 0.1) is 0 Å². The van der Waals surface area contributed by atoms with E-state index in [1.54, 1.807) is 0 Å². The molecule has 0 aliphatic heterocycles. The second-order valence-electron chi connectivity index (χ2n) is 2.96. The maximum atomic E-state index is 12.4. The van der Waals surface area contributed by atoms with E-state index < -0.39 is 41.2 Å². The van der Waals surface area contributed by atoms with E-state index in [-0.39, 0.29) is 6.07 Å². The van der Waals surface area contributed by atoms with Crippen molar-refractivity contribution >= 4 is 11.8 Å². The first-order chi connectivity index (χ1) is 7.64. The molecule has 9 heteroatoms. The average molecular weight is 256 g/mol. The zero-order valence-corrected chi connectivity index (χ0v) is 7.92. The van der Waals surface area contributed by atoms with Gasteiger partial charge in [0.2, 0.25) is 0 Å². The zero-order chi connectivity index (χ0) is 13.4. The van der Waals surface area contributed by atoms with Crippen LogP contribution in [0.2, 0.25) is 0 Å². The summed E-state index contributed by atoms with van der Waals surface area (Å²) < 4.78 is 62.0. The van der Waals surface area contributed by atoms with Crippen molar-refractivity contribution in [3.8, 4) is 0 Å². The SMILES string of the molecule is Nc1nc(C(=O)O)cc(C(F)F)c1C(F)(F)F. The van der Waals surface area contributed by atoms with Gasteiger partial charge in [0.1, 0.15) is 11.4 Å². The largest absolute Gasteiger partial charge is 0.477 e. The molecule has 94 valence electrons. The van der Waals surface area contributed by atoms with Crippen LogP contribution in [0.5, 0.6) is 0 Å². The Hall–Kier alpha value is -1.93. The molecular weight excluding hydrogens is 251 g/mol. The minimum Gasteiger partial charge on any atom is -0.477 e. The summed E-state index contributed by atoms with van der Waals surface area (Å²) in [5.74, 6) is -3.03. The molecule has 1 rings (SSSR count). The number of aromatic nitrogens is 1. The van der Waals surface area contributed by atoms with Crippen LogP contribution in [0.15, 0.2) is 6.07 Å². The van der Waals surface area contributed by atoms with E-state index in [4.69, 9.17) is 10.8 Å². The van der Waals surface area contributed by atoms with Gasteiger partial charge < -0.3 is 10.8 Å². The van der Waals surface area contributed by atoms with Crippen LogP contribution in [-0.4, -0.2) is 16.1 Å². The van der Waals surface area contributed by atoms with Gasteiger partial charge in [0, 0.05) is 5.56 Å². The van der Waals surface area contributed by atoms with Crippen molar-refractivity contribution in [2.24, 2.45) is 0 Å². The highest BCUT2D eigenvalue weighted by Gasteiger charge is 2.39. The molecule has 0 atom stereocenters. The lowest BCUT2D eigenvalue weighted by atomic mass is 10.1. The quantitative estimate of drug-likeness (QED) is 0.796. The third-order valence-electron chi connectivity index (χ3n) is 1.82. The first-order valence-corrected chi connectivity index (χ1v) is 4.03. The summed E-state index contributed by atoms with van der Waals surface area (Å²) in [5, 5.41) is 8.46. The predicted molar refractivity (Wildman–Crippen MR) is 45.6 cm³/mol. The topological polar surface area (TPSA) is 76.2 Å². The molecular formula is C8H5F5N2O2. The number of nitrogens with zero attached hydrogens (tertiary/aromatic N) is 1. The molecule has 0 aromatic carbocycles. The molecule has 1 heterocycles. The van der Waals surface area contributed by atoms with Crippen molar-refractivity contribution in [2.75, 3.05) is 5.73 Å². The number of carboxylic acid groups (broad SMARTS) is 1. The molecule has 0 unspecified atom stereocenters. The number of pyridine rings is 1. The van der Waals surface area contributed by atoms with Crippen LogP contribution in [0.3, 0.4) is 0 Å². The number of rotatable bonds is 2. The number of hydrogen-bond donors (Lipinski definition) is 2. The van der Waals surface area contributed by atoms with Crippen LogP contribution < -0.4 is 5.73 Å². The lowest BCUT2D eigenvalue weighted by molar-refractivity contribution is -0.139. The second-order valence-corrected chi connectivity index (χ2v) is 2.96. The second kappa shape index (κ2) is 4.15. The average Bonchev–Trinajstić information content (AvgIpc) is 2.13. The summed E-state index contributed by atoms with van der Waals surface area (Å²) in [6, 6.07) is 0.159. The van der Waals surface area contributed by atoms with Crippen molar-refractivity contribution in [3.05, 3.63) is 22.9 Å². The number of aromatic carboxylic acids is 1. The van der Waals surface area contributed by atoms with E-state index in [1.807, 2.05) is 0 Å². The standard InChI is InChI=1S/C8H5F5N2O2/c9-5(10)2-1-3(7(16)17)15-6(14)4(2)8(11,12)13/h1,5H,(H2,14,15)(H,16,17). The summed E-state index contributed by atoms with van der Waals surface area (Å²) in [5.41, 5.74) is 0.584. The van der Waals surface area contributed by atoms with E-state index in [1.165, 1.54) is 0 Å². The molecule has 0 saturated heterocycles. The highest BCUT2D eigenvalue weighted by molar-refractivity contribution is 5.86. The monoisotopic (exact) mass is 256 g/mol. The maximum Gasteiger partial charge on any atom is 0.420 e. The van der Waals surface area contributed by atoms with Gasteiger partial charge in [-0.05, 0) is 6.07 Å². The molecule has 0 bridgehead atoms. The number of halogens is 5. The Kier molecular flexibility index (Phi) is 3.21. The molecule has 0 amide bonds. The van der Waals surface area contributed by atoms with E-state index in [0.717, 1.165) is 0 Å². The Balaban J connectivity index is 3.55. The number of hydrogen-bond acceptors (Lipinski definition) is 3. The molecule has 0 spiro atoms. The van der Waals surface area contributed by atoms with Gasteiger partial charge in [0.25, 0.3) is 6.43 Å².